The van der Waals surface area contributed by atoms with E-state index < -0.39 is 0 Å². The molecule has 0 aromatic rings. The standard InChI is InChI=1S/C6H10N2O2S/c1-11-6-7-5(10)4-8(6)2-3-9/h9H,2-4H2,1H3. The minimum absolute atomic E-state index is 0.0624. The van der Waals surface area contributed by atoms with Crippen LogP contribution >= 0.6 is 11.8 Å². The van der Waals surface area contributed by atoms with Gasteiger partial charge < -0.3 is 10.0 Å². The third kappa shape index (κ3) is 1.94. The van der Waals surface area contributed by atoms with Crippen LogP contribution in [0.2, 0.25) is 0 Å². The highest BCUT2D eigenvalue weighted by molar-refractivity contribution is 8.13. The van der Waals surface area contributed by atoms with Gasteiger partial charge in [-0.15, -0.1) is 0 Å². The summed E-state index contributed by atoms with van der Waals surface area (Å²) in [6.45, 7) is 0.870. The van der Waals surface area contributed by atoms with Gasteiger partial charge in [0, 0.05) is 6.54 Å². The number of amidine groups is 1. The number of aliphatic imine (C=N–C) groups is 1. The summed E-state index contributed by atoms with van der Waals surface area (Å²) in [6.07, 6.45) is 1.86. The molecule has 1 heterocycles. The van der Waals surface area contributed by atoms with E-state index >= 15 is 0 Å². The Labute approximate surface area is 69.3 Å². The monoisotopic (exact) mass is 174 g/mol. The number of β-amino-alcohol motifs (C(OH)–C–C–N with tert-alkyl or cyclic N) is 1. The molecule has 11 heavy (non-hydrogen) atoms. The molecular weight excluding hydrogens is 164 g/mol. The number of nitrogens with zero attached hydrogens (tertiary/aromatic N) is 2. The second-order valence-electron chi connectivity index (χ2n) is 2.14. The van der Waals surface area contributed by atoms with Gasteiger partial charge >= 0.3 is 0 Å². The minimum atomic E-state index is -0.122. The van der Waals surface area contributed by atoms with Crippen LogP contribution in [-0.4, -0.2) is 47.0 Å². The predicted molar refractivity (Wildman–Crippen MR) is 44.6 cm³/mol. The van der Waals surface area contributed by atoms with Gasteiger partial charge in [-0.1, -0.05) is 11.8 Å². The van der Waals surface area contributed by atoms with Gasteiger partial charge in [-0.2, -0.15) is 4.99 Å². The third-order valence-corrected chi connectivity index (χ3v) is 2.08. The number of aliphatic hydroxyl groups excluding tert-OH is 1. The summed E-state index contributed by atoms with van der Waals surface area (Å²) >= 11 is 1.43. The zero-order chi connectivity index (χ0) is 8.27. The number of thioether (sulfide) groups is 1. The van der Waals surface area contributed by atoms with Crippen molar-refractivity contribution < 1.29 is 9.90 Å². The fourth-order valence-corrected chi connectivity index (χ4v) is 1.52. The Morgan fingerprint density at radius 3 is 3.09 bits per heavy atom. The van der Waals surface area contributed by atoms with Gasteiger partial charge in [-0.25, -0.2) is 0 Å². The lowest BCUT2D eigenvalue weighted by atomic mass is 10.5. The van der Waals surface area contributed by atoms with E-state index in [1.54, 1.807) is 4.90 Å². The van der Waals surface area contributed by atoms with Gasteiger partial charge in [-0.05, 0) is 6.26 Å². The Morgan fingerprint density at radius 1 is 1.82 bits per heavy atom. The molecule has 0 fully saturated rings. The normalized spacial score (nSPS) is 17.5. The molecule has 0 unspecified atom stereocenters. The van der Waals surface area contributed by atoms with Crippen LogP contribution in [-0.2, 0) is 4.79 Å². The first-order chi connectivity index (χ1) is 5.27. The van der Waals surface area contributed by atoms with Crippen molar-refractivity contribution in [2.24, 2.45) is 4.99 Å². The molecule has 0 aromatic carbocycles. The Balaban J connectivity index is 2.56. The lowest BCUT2D eigenvalue weighted by Crippen LogP contribution is -2.29. The maximum atomic E-state index is 10.8. The lowest BCUT2D eigenvalue weighted by molar-refractivity contribution is -0.117. The first-order valence-corrected chi connectivity index (χ1v) is 4.51. The third-order valence-electron chi connectivity index (χ3n) is 1.37. The van der Waals surface area contributed by atoms with Crippen LogP contribution in [0.5, 0.6) is 0 Å². The molecule has 1 aliphatic heterocycles. The molecule has 0 aromatic heterocycles. The van der Waals surface area contributed by atoms with Crippen molar-refractivity contribution in [3.63, 3.8) is 0 Å². The highest BCUT2D eigenvalue weighted by Crippen LogP contribution is 2.10. The van der Waals surface area contributed by atoms with Crippen LogP contribution in [0.3, 0.4) is 0 Å². The van der Waals surface area contributed by atoms with Crippen LogP contribution in [0, 0.1) is 0 Å². The molecule has 0 aliphatic carbocycles. The minimum Gasteiger partial charge on any atom is -0.395 e. The topological polar surface area (TPSA) is 52.9 Å². The van der Waals surface area contributed by atoms with E-state index in [1.165, 1.54) is 11.8 Å². The number of aliphatic hydroxyl groups is 1. The van der Waals surface area contributed by atoms with Crippen molar-refractivity contribution in [3.8, 4) is 0 Å². The van der Waals surface area contributed by atoms with Gasteiger partial charge in [0.25, 0.3) is 5.91 Å². The molecule has 1 aliphatic rings. The molecule has 1 rings (SSSR count). The van der Waals surface area contributed by atoms with E-state index in [9.17, 15) is 4.79 Å². The highest BCUT2D eigenvalue weighted by atomic mass is 32.2. The Bertz CT molecular complexity index is 193. The Kier molecular flexibility index (Phi) is 2.90. The highest BCUT2D eigenvalue weighted by Gasteiger charge is 2.21. The summed E-state index contributed by atoms with van der Waals surface area (Å²) in [5.41, 5.74) is 0. The van der Waals surface area contributed by atoms with Crippen molar-refractivity contribution in [2.75, 3.05) is 26.0 Å². The van der Waals surface area contributed by atoms with E-state index in [2.05, 4.69) is 4.99 Å². The lowest BCUT2D eigenvalue weighted by Gasteiger charge is -2.15. The van der Waals surface area contributed by atoms with Crippen molar-refractivity contribution in [3.05, 3.63) is 0 Å². The Hall–Kier alpha value is -0.550. The summed E-state index contributed by atoms with van der Waals surface area (Å²) in [6, 6.07) is 0. The summed E-state index contributed by atoms with van der Waals surface area (Å²) in [5, 5.41) is 9.32. The molecule has 0 bridgehead atoms. The molecule has 1 amide bonds. The molecule has 0 radical (unpaired) electrons. The number of amides is 1. The molecule has 1 N–H and O–H groups in total. The van der Waals surface area contributed by atoms with Crippen molar-refractivity contribution in [2.45, 2.75) is 0 Å². The van der Waals surface area contributed by atoms with E-state index in [1.807, 2.05) is 6.26 Å². The zero-order valence-corrected chi connectivity index (χ0v) is 7.10. The Morgan fingerprint density at radius 2 is 2.55 bits per heavy atom. The second-order valence-corrected chi connectivity index (χ2v) is 2.91. The maximum Gasteiger partial charge on any atom is 0.267 e. The summed E-state index contributed by atoms with van der Waals surface area (Å²) in [5.74, 6) is -0.122. The fourth-order valence-electron chi connectivity index (χ4n) is 0.914. The van der Waals surface area contributed by atoms with Gasteiger partial charge in [0.15, 0.2) is 5.17 Å². The van der Waals surface area contributed by atoms with Crippen LogP contribution < -0.4 is 0 Å². The summed E-state index contributed by atoms with van der Waals surface area (Å²) in [7, 11) is 0. The molecule has 0 saturated carbocycles. The van der Waals surface area contributed by atoms with Crippen molar-refractivity contribution in [1.29, 1.82) is 0 Å². The first-order valence-electron chi connectivity index (χ1n) is 3.29. The zero-order valence-electron chi connectivity index (χ0n) is 6.28. The number of rotatable bonds is 2. The average molecular weight is 174 g/mol. The number of carbonyl (C=O) groups is 1. The summed E-state index contributed by atoms with van der Waals surface area (Å²) in [4.78, 5) is 16.3. The molecule has 4 nitrogen and oxygen atoms in total. The molecule has 0 saturated heterocycles. The largest absolute Gasteiger partial charge is 0.395 e. The van der Waals surface area contributed by atoms with Crippen LogP contribution in [0.1, 0.15) is 0 Å². The first kappa shape index (κ1) is 8.55. The van der Waals surface area contributed by atoms with E-state index in [4.69, 9.17) is 5.11 Å². The van der Waals surface area contributed by atoms with Crippen LogP contribution in [0.25, 0.3) is 0 Å². The van der Waals surface area contributed by atoms with Gasteiger partial charge in [0.2, 0.25) is 0 Å². The number of carbonyl (C=O) groups excluding carboxylic acids is 1. The van der Waals surface area contributed by atoms with Gasteiger partial charge in [-0.3, -0.25) is 4.79 Å². The van der Waals surface area contributed by atoms with Gasteiger partial charge in [0.05, 0.1) is 6.61 Å². The molecule has 5 heteroatoms. The van der Waals surface area contributed by atoms with Crippen molar-refractivity contribution in [1.82, 2.24) is 4.90 Å². The SMILES string of the molecule is CSC1=NC(=O)CN1CCO. The quantitative estimate of drug-likeness (QED) is 0.615. The smallest absolute Gasteiger partial charge is 0.267 e. The predicted octanol–water partition coefficient (Wildman–Crippen LogP) is -0.460. The molecule has 0 atom stereocenters. The van der Waals surface area contributed by atoms with E-state index in [-0.39, 0.29) is 12.5 Å². The van der Waals surface area contributed by atoms with E-state index in [0.29, 0.717) is 18.3 Å². The fraction of sp³-hybridized carbons (Fsp3) is 0.667. The van der Waals surface area contributed by atoms with Crippen molar-refractivity contribution >= 4 is 22.8 Å². The summed E-state index contributed by atoms with van der Waals surface area (Å²) < 4.78 is 0. The van der Waals surface area contributed by atoms with E-state index in [0.717, 1.165) is 0 Å². The number of hydrogen-bond acceptors (Lipinski definition) is 4. The van der Waals surface area contributed by atoms with Gasteiger partial charge in [0.1, 0.15) is 6.54 Å². The number of hydrogen-bond donors (Lipinski definition) is 1. The molecule has 0 spiro atoms. The van der Waals surface area contributed by atoms with Crippen LogP contribution in [0.4, 0.5) is 0 Å². The molecule has 62 valence electrons. The average Bonchev–Trinajstić information content (AvgIpc) is 2.32. The maximum absolute atomic E-state index is 10.8. The second kappa shape index (κ2) is 3.73. The van der Waals surface area contributed by atoms with Crippen LogP contribution in [0.15, 0.2) is 4.99 Å². The molecular formula is C6H10N2O2S.